The van der Waals surface area contributed by atoms with Crippen LogP contribution in [0.1, 0.15) is 19.3 Å². The van der Waals surface area contributed by atoms with E-state index in [1.807, 2.05) is 0 Å². The van der Waals surface area contributed by atoms with Crippen molar-refractivity contribution in [2.45, 2.75) is 24.9 Å². The molecule has 0 unspecified atom stereocenters. The van der Waals surface area contributed by atoms with Crippen LogP contribution in [0, 0.1) is 5.82 Å². The molecule has 1 fully saturated rings. The highest BCUT2D eigenvalue weighted by Gasteiger charge is 2.36. The molecule has 0 aliphatic heterocycles. The maximum Gasteiger partial charge on any atom is 0.125 e. The van der Waals surface area contributed by atoms with Crippen molar-refractivity contribution in [3.63, 3.8) is 0 Å². The van der Waals surface area contributed by atoms with Crippen molar-refractivity contribution in [1.82, 2.24) is 0 Å². The fraction of sp³-hybridized carbons (Fsp3) is 0.500. The van der Waals surface area contributed by atoms with Crippen LogP contribution in [-0.4, -0.2) is 19.3 Å². The maximum absolute atomic E-state index is 13.0. The van der Waals surface area contributed by atoms with Gasteiger partial charge in [-0.15, -0.1) is 0 Å². The second kappa shape index (κ2) is 4.29. The minimum Gasteiger partial charge on any atom is -0.397 e. The summed E-state index contributed by atoms with van der Waals surface area (Å²) in [5.41, 5.74) is 6.87. The van der Waals surface area contributed by atoms with Gasteiger partial charge >= 0.3 is 0 Å². The predicted octanol–water partition coefficient (Wildman–Crippen LogP) is 2.39. The molecule has 16 heavy (non-hydrogen) atoms. The van der Waals surface area contributed by atoms with Crippen molar-refractivity contribution in [2.75, 3.05) is 24.7 Å². The number of ether oxygens (including phenoxy) is 1. The van der Waals surface area contributed by atoms with E-state index in [0.717, 1.165) is 12.8 Å². The van der Waals surface area contributed by atoms with Crippen molar-refractivity contribution >= 4 is 11.4 Å². The van der Waals surface area contributed by atoms with Crippen LogP contribution in [0.15, 0.2) is 18.2 Å². The number of anilines is 2. The van der Waals surface area contributed by atoms with Gasteiger partial charge in [-0.1, -0.05) is 0 Å². The summed E-state index contributed by atoms with van der Waals surface area (Å²) in [6.07, 6.45) is 3.28. The summed E-state index contributed by atoms with van der Waals surface area (Å²) in [6, 6.07) is 4.34. The highest BCUT2D eigenvalue weighted by Crippen LogP contribution is 2.35. The normalized spacial score (nSPS) is 17.9. The second-order valence-electron chi connectivity index (χ2n) is 4.33. The second-order valence-corrected chi connectivity index (χ2v) is 4.33. The number of rotatable bonds is 4. The molecule has 2 rings (SSSR count). The molecule has 0 radical (unpaired) electrons. The molecule has 3 N–H and O–H groups in total. The molecule has 0 bridgehead atoms. The molecule has 0 amide bonds. The Labute approximate surface area is 94.8 Å². The van der Waals surface area contributed by atoms with Crippen molar-refractivity contribution in [2.24, 2.45) is 0 Å². The molecule has 1 aromatic rings. The molecule has 0 aromatic heterocycles. The Morgan fingerprint density at radius 2 is 2.25 bits per heavy atom. The van der Waals surface area contributed by atoms with E-state index in [4.69, 9.17) is 10.5 Å². The van der Waals surface area contributed by atoms with Crippen LogP contribution in [0.2, 0.25) is 0 Å². The lowest BCUT2D eigenvalue weighted by Gasteiger charge is -2.40. The van der Waals surface area contributed by atoms with Crippen molar-refractivity contribution in [3.8, 4) is 0 Å². The lowest BCUT2D eigenvalue weighted by Crippen LogP contribution is -2.45. The van der Waals surface area contributed by atoms with Crippen molar-refractivity contribution in [3.05, 3.63) is 24.0 Å². The molecule has 1 saturated carbocycles. The number of nitrogens with two attached hydrogens (primary N) is 1. The molecule has 4 heteroatoms. The van der Waals surface area contributed by atoms with Gasteiger partial charge in [0.05, 0.1) is 17.0 Å². The molecular weight excluding hydrogens is 207 g/mol. The Balaban J connectivity index is 2.01. The lowest BCUT2D eigenvalue weighted by molar-refractivity contribution is -0.0601. The average molecular weight is 224 g/mol. The van der Waals surface area contributed by atoms with Crippen LogP contribution < -0.4 is 11.1 Å². The number of halogens is 1. The van der Waals surface area contributed by atoms with Gasteiger partial charge in [0.25, 0.3) is 0 Å². The molecular formula is C12H17FN2O. The summed E-state index contributed by atoms with van der Waals surface area (Å²) in [6.45, 7) is 0.678. The molecule has 0 heterocycles. The molecule has 0 saturated heterocycles. The van der Waals surface area contributed by atoms with Crippen LogP contribution in [0.5, 0.6) is 0 Å². The zero-order valence-corrected chi connectivity index (χ0v) is 9.42. The fourth-order valence-electron chi connectivity index (χ4n) is 1.96. The predicted molar refractivity (Wildman–Crippen MR) is 62.9 cm³/mol. The van der Waals surface area contributed by atoms with E-state index in [-0.39, 0.29) is 11.4 Å². The lowest BCUT2D eigenvalue weighted by atomic mass is 9.80. The smallest absolute Gasteiger partial charge is 0.125 e. The third kappa shape index (κ3) is 2.11. The van der Waals surface area contributed by atoms with E-state index in [1.54, 1.807) is 13.2 Å². The molecule has 1 aromatic carbocycles. The highest BCUT2D eigenvalue weighted by molar-refractivity contribution is 5.66. The minimum absolute atomic E-state index is 0.0846. The Morgan fingerprint density at radius 3 is 2.81 bits per heavy atom. The summed E-state index contributed by atoms with van der Waals surface area (Å²) in [5, 5.41) is 3.16. The molecule has 1 aliphatic rings. The van der Waals surface area contributed by atoms with Crippen LogP contribution in [0.4, 0.5) is 15.8 Å². The van der Waals surface area contributed by atoms with Crippen LogP contribution in [-0.2, 0) is 4.74 Å². The van der Waals surface area contributed by atoms with E-state index >= 15 is 0 Å². The van der Waals surface area contributed by atoms with Gasteiger partial charge in [0.1, 0.15) is 5.82 Å². The van der Waals surface area contributed by atoms with E-state index in [2.05, 4.69) is 5.32 Å². The highest BCUT2D eigenvalue weighted by atomic mass is 19.1. The molecule has 0 spiro atoms. The number of hydrogen-bond acceptors (Lipinski definition) is 3. The first-order chi connectivity index (χ1) is 7.65. The zero-order valence-electron chi connectivity index (χ0n) is 9.42. The Morgan fingerprint density at radius 1 is 1.50 bits per heavy atom. The first-order valence-electron chi connectivity index (χ1n) is 5.49. The molecule has 0 atom stereocenters. The van der Waals surface area contributed by atoms with Gasteiger partial charge in [-0.25, -0.2) is 4.39 Å². The fourth-order valence-corrected chi connectivity index (χ4v) is 1.96. The summed E-state index contributed by atoms with van der Waals surface area (Å²) in [4.78, 5) is 0. The summed E-state index contributed by atoms with van der Waals surface area (Å²) >= 11 is 0. The Bertz CT molecular complexity index is 372. The summed E-state index contributed by atoms with van der Waals surface area (Å²) < 4.78 is 18.5. The number of hydrogen-bond donors (Lipinski definition) is 2. The number of nitrogens with one attached hydrogen (secondary N) is 1. The molecule has 3 nitrogen and oxygen atoms in total. The van der Waals surface area contributed by atoms with Gasteiger partial charge in [0.2, 0.25) is 0 Å². The molecule has 88 valence electrons. The van der Waals surface area contributed by atoms with Gasteiger partial charge in [0.15, 0.2) is 0 Å². The topological polar surface area (TPSA) is 47.3 Å². The van der Waals surface area contributed by atoms with Crippen LogP contribution >= 0.6 is 0 Å². The monoisotopic (exact) mass is 224 g/mol. The summed E-state index contributed by atoms with van der Waals surface area (Å²) in [7, 11) is 1.72. The maximum atomic E-state index is 13.0. The number of methoxy groups -OCH3 is 1. The Kier molecular flexibility index (Phi) is 3.01. The van der Waals surface area contributed by atoms with E-state index in [0.29, 0.717) is 17.9 Å². The summed E-state index contributed by atoms with van der Waals surface area (Å²) in [5.74, 6) is -0.281. The number of benzene rings is 1. The van der Waals surface area contributed by atoms with Crippen LogP contribution in [0.3, 0.4) is 0 Å². The van der Waals surface area contributed by atoms with Gasteiger partial charge < -0.3 is 15.8 Å². The third-order valence-electron chi connectivity index (χ3n) is 3.31. The minimum atomic E-state index is -0.281. The zero-order chi connectivity index (χ0) is 11.6. The van der Waals surface area contributed by atoms with E-state index < -0.39 is 0 Å². The first kappa shape index (κ1) is 11.2. The Hall–Kier alpha value is -1.29. The van der Waals surface area contributed by atoms with E-state index in [1.165, 1.54) is 18.6 Å². The first-order valence-corrected chi connectivity index (χ1v) is 5.49. The van der Waals surface area contributed by atoms with Crippen molar-refractivity contribution < 1.29 is 9.13 Å². The standard InChI is InChI=1S/C12H17FN2O/c1-16-12(5-2-6-12)8-15-11-7-9(13)3-4-10(11)14/h3-4,7,15H,2,5-6,8,14H2,1H3. The van der Waals surface area contributed by atoms with Gasteiger partial charge in [0, 0.05) is 13.7 Å². The van der Waals surface area contributed by atoms with Gasteiger partial charge in [-0.3, -0.25) is 0 Å². The molecule has 1 aliphatic carbocycles. The quantitative estimate of drug-likeness (QED) is 0.772. The third-order valence-corrected chi connectivity index (χ3v) is 3.31. The van der Waals surface area contributed by atoms with Gasteiger partial charge in [-0.05, 0) is 37.5 Å². The van der Waals surface area contributed by atoms with Crippen molar-refractivity contribution in [1.29, 1.82) is 0 Å². The van der Waals surface area contributed by atoms with Gasteiger partial charge in [-0.2, -0.15) is 0 Å². The van der Waals surface area contributed by atoms with E-state index in [9.17, 15) is 4.39 Å². The SMILES string of the molecule is COC1(CNc2cc(F)ccc2N)CCC1. The largest absolute Gasteiger partial charge is 0.397 e. The average Bonchev–Trinajstić information content (AvgIpc) is 2.22. The van der Waals surface area contributed by atoms with Crippen LogP contribution in [0.25, 0.3) is 0 Å². The number of nitrogen functional groups attached to an aromatic ring is 1.